The number of aryl methyl sites for hydroxylation is 1. The average molecular weight is 152 g/mol. The molecule has 0 atom stereocenters. The maximum absolute atomic E-state index is 9.42. The lowest BCUT2D eigenvalue weighted by atomic mass is 10.1. The van der Waals surface area contributed by atoms with Crippen molar-refractivity contribution in [3.63, 3.8) is 0 Å². The quantitative estimate of drug-likeness (QED) is 0.640. The highest BCUT2D eigenvalue weighted by atomic mass is 16.3. The molecule has 0 heterocycles. The van der Waals surface area contributed by atoms with Gasteiger partial charge in [0, 0.05) is 5.56 Å². The maximum atomic E-state index is 9.42. The fourth-order valence-corrected chi connectivity index (χ4v) is 0.985. The van der Waals surface area contributed by atoms with Crippen LogP contribution in [0.25, 0.3) is 0 Å². The molecular formula is C9H12O2. The molecule has 0 saturated heterocycles. The summed E-state index contributed by atoms with van der Waals surface area (Å²) in [4.78, 5) is 0. The van der Waals surface area contributed by atoms with E-state index in [9.17, 15) is 5.11 Å². The first-order chi connectivity index (χ1) is 5.16. The molecule has 0 aromatic heterocycles. The number of aliphatic hydroxyl groups excluding tert-OH is 1. The van der Waals surface area contributed by atoms with Crippen LogP contribution in [0, 0.1) is 13.8 Å². The number of benzene rings is 1. The Labute approximate surface area is 66.1 Å². The third-order valence-corrected chi connectivity index (χ3v) is 1.96. The van der Waals surface area contributed by atoms with E-state index in [1.165, 1.54) is 0 Å². The van der Waals surface area contributed by atoms with Crippen molar-refractivity contribution in [2.45, 2.75) is 20.5 Å². The minimum atomic E-state index is -0.104. The lowest BCUT2D eigenvalue weighted by molar-refractivity contribution is 0.275. The van der Waals surface area contributed by atoms with Gasteiger partial charge in [-0.15, -0.1) is 0 Å². The summed E-state index contributed by atoms with van der Waals surface area (Å²) in [5.41, 5.74) is 2.48. The lowest BCUT2D eigenvalue weighted by Crippen LogP contribution is -1.89. The van der Waals surface area contributed by atoms with Crippen molar-refractivity contribution in [1.29, 1.82) is 0 Å². The zero-order valence-corrected chi connectivity index (χ0v) is 6.76. The first-order valence-corrected chi connectivity index (χ1v) is 3.55. The molecule has 0 amide bonds. The van der Waals surface area contributed by atoms with E-state index in [-0.39, 0.29) is 12.4 Å². The van der Waals surface area contributed by atoms with Crippen molar-refractivity contribution < 1.29 is 10.2 Å². The van der Waals surface area contributed by atoms with Crippen molar-refractivity contribution in [2.75, 3.05) is 0 Å². The molecule has 2 nitrogen and oxygen atoms in total. The van der Waals surface area contributed by atoms with Crippen molar-refractivity contribution in [3.8, 4) is 5.75 Å². The highest BCUT2D eigenvalue weighted by Gasteiger charge is 2.03. The Morgan fingerprint density at radius 1 is 1.27 bits per heavy atom. The molecule has 0 spiro atoms. The zero-order chi connectivity index (χ0) is 8.43. The number of hydrogen-bond acceptors (Lipinski definition) is 2. The molecule has 1 aromatic rings. The summed E-state index contributed by atoms with van der Waals surface area (Å²) in [5.74, 6) is 0.215. The largest absolute Gasteiger partial charge is 0.507 e. The van der Waals surface area contributed by atoms with E-state index in [0.717, 1.165) is 11.1 Å². The van der Waals surface area contributed by atoms with E-state index in [4.69, 9.17) is 5.11 Å². The van der Waals surface area contributed by atoms with Gasteiger partial charge in [0.1, 0.15) is 5.75 Å². The summed E-state index contributed by atoms with van der Waals surface area (Å²) < 4.78 is 0. The van der Waals surface area contributed by atoms with Crippen molar-refractivity contribution >= 4 is 0 Å². The van der Waals surface area contributed by atoms with Gasteiger partial charge < -0.3 is 10.2 Å². The number of phenols is 1. The van der Waals surface area contributed by atoms with Crippen LogP contribution in [0.4, 0.5) is 0 Å². The number of hydrogen-bond donors (Lipinski definition) is 2. The van der Waals surface area contributed by atoms with Crippen LogP contribution in [-0.4, -0.2) is 10.2 Å². The predicted octanol–water partition coefficient (Wildman–Crippen LogP) is 1.50. The van der Waals surface area contributed by atoms with Crippen LogP contribution < -0.4 is 0 Å². The van der Waals surface area contributed by atoms with Crippen LogP contribution in [0.2, 0.25) is 0 Å². The van der Waals surface area contributed by atoms with E-state index in [1.807, 2.05) is 19.9 Å². The Morgan fingerprint density at radius 2 is 1.91 bits per heavy atom. The molecule has 0 radical (unpaired) electrons. The van der Waals surface area contributed by atoms with E-state index < -0.39 is 0 Å². The van der Waals surface area contributed by atoms with Gasteiger partial charge in [0.25, 0.3) is 0 Å². The molecule has 2 heteroatoms. The lowest BCUT2D eigenvalue weighted by Gasteiger charge is -2.06. The van der Waals surface area contributed by atoms with Crippen LogP contribution in [0.1, 0.15) is 16.7 Å². The van der Waals surface area contributed by atoms with Crippen LogP contribution in [0.15, 0.2) is 12.1 Å². The standard InChI is InChI=1S/C9H12O2/c1-6-3-4-8(5-10)9(11)7(6)2/h3-4,10-11H,5H2,1-2H3. The second-order valence-corrected chi connectivity index (χ2v) is 2.67. The highest BCUT2D eigenvalue weighted by Crippen LogP contribution is 2.24. The van der Waals surface area contributed by atoms with Gasteiger partial charge in [-0.3, -0.25) is 0 Å². The third kappa shape index (κ3) is 1.35. The fraction of sp³-hybridized carbons (Fsp3) is 0.333. The van der Waals surface area contributed by atoms with Crippen molar-refractivity contribution in [1.82, 2.24) is 0 Å². The zero-order valence-electron chi connectivity index (χ0n) is 6.76. The van der Waals surface area contributed by atoms with E-state index in [0.29, 0.717) is 5.56 Å². The van der Waals surface area contributed by atoms with Gasteiger partial charge in [-0.1, -0.05) is 12.1 Å². The first-order valence-electron chi connectivity index (χ1n) is 3.55. The van der Waals surface area contributed by atoms with Crippen LogP contribution >= 0.6 is 0 Å². The Balaban J connectivity index is 3.25. The molecule has 0 aliphatic rings. The predicted molar refractivity (Wildman–Crippen MR) is 43.5 cm³/mol. The normalized spacial score (nSPS) is 10.1. The summed E-state index contributed by atoms with van der Waals surface area (Å²) in [6.07, 6.45) is 0. The van der Waals surface area contributed by atoms with Crippen molar-refractivity contribution in [3.05, 3.63) is 28.8 Å². The van der Waals surface area contributed by atoms with E-state index >= 15 is 0 Å². The summed E-state index contributed by atoms with van der Waals surface area (Å²) >= 11 is 0. The Bertz CT molecular complexity index is 267. The topological polar surface area (TPSA) is 40.5 Å². The smallest absolute Gasteiger partial charge is 0.124 e. The van der Waals surface area contributed by atoms with Crippen LogP contribution in [0.5, 0.6) is 5.75 Å². The van der Waals surface area contributed by atoms with Gasteiger partial charge in [0.05, 0.1) is 6.61 Å². The van der Waals surface area contributed by atoms with E-state index in [2.05, 4.69) is 0 Å². The minimum absolute atomic E-state index is 0.104. The molecule has 0 saturated carbocycles. The molecule has 2 N–H and O–H groups in total. The summed E-state index contributed by atoms with van der Waals surface area (Å²) in [6.45, 7) is 3.66. The molecule has 1 rings (SSSR count). The summed E-state index contributed by atoms with van der Waals surface area (Å²) in [7, 11) is 0. The first kappa shape index (κ1) is 8.08. The van der Waals surface area contributed by atoms with Gasteiger partial charge >= 0.3 is 0 Å². The number of aromatic hydroxyl groups is 1. The van der Waals surface area contributed by atoms with Crippen molar-refractivity contribution in [2.24, 2.45) is 0 Å². The monoisotopic (exact) mass is 152 g/mol. The molecule has 1 aromatic carbocycles. The Morgan fingerprint density at radius 3 is 2.45 bits per heavy atom. The summed E-state index contributed by atoms with van der Waals surface area (Å²) in [6, 6.07) is 3.62. The molecule has 11 heavy (non-hydrogen) atoms. The van der Waals surface area contributed by atoms with Gasteiger partial charge in [0.15, 0.2) is 0 Å². The number of rotatable bonds is 1. The molecule has 0 bridgehead atoms. The third-order valence-electron chi connectivity index (χ3n) is 1.96. The minimum Gasteiger partial charge on any atom is -0.507 e. The van der Waals surface area contributed by atoms with E-state index in [1.54, 1.807) is 6.07 Å². The maximum Gasteiger partial charge on any atom is 0.124 e. The molecule has 0 fully saturated rings. The SMILES string of the molecule is Cc1ccc(CO)c(O)c1C. The van der Waals surface area contributed by atoms with Crippen LogP contribution in [0.3, 0.4) is 0 Å². The Kier molecular flexibility index (Phi) is 2.15. The summed E-state index contributed by atoms with van der Waals surface area (Å²) in [5, 5.41) is 18.2. The highest BCUT2D eigenvalue weighted by molar-refractivity contribution is 5.43. The fourth-order valence-electron chi connectivity index (χ4n) is 0.985. The Hall–Kier alpha value is -1.02. The van der Waals surface area contributed by atoms with Gasteiger partial charge in [0.2, 0.25) is 0 Å². The molecule has 60 valence electrons. The van der Waals surface area contributed by atoms with Gasteiger partial charge in [-0.05, 0) is 25.0 Å². The molecule has 0 aliphatic carbocycles. The van der Waals surface area contributed by atoms with Gasteiger partial charge in [-0.2, -0.15) is 0 Å². The average Bonchev–Trinajstić information content (AvgIpc) is 2.01. The molecule has 0 unspecified atom stereocenters. The van der Waals surface area contributed by atoms with Gasteiger partial charge in [-0.25, -0.2) is 0 Å². The number of aliphatic hydroxyl groups is 1. The second kappa shape index (κ2) is 2.93. The second-order valence-electron chi connectivity index (χ2n) is 2.67. The molecule has 0 aliphatic heterocycles. The van der Waals surface area contributed by atoms with Crippen LogP contribution in [-0.2, 0) is 6.61 Å². The molecular weight excluding hydrogens is 140 g/mol.